The van der Waals surface area contributed by atoms with E-state index >= 15 is 0 Å². The van der Waals surface area contributed by atoms with Gasteiger partial charge in [-0.25, -0.2) is 8.78 Å². The first kappa shape index (κ1) is 10.7. The predicted molar refractivity (Wildman–Crippen MR) is 57.6 cm³/mol. The highest BCUT2D eigenvalue weighted by Gasteiger charge is 2.10. The summed E-state index contributed by atoms with van der Waals surface area (Å²) in [5, 5.41) is 0. The van der Waals surface area contributed by atoms with Crippen LogP contribution in [0.1, 0.15) is 0 Å². The summed E-state index contributed by atoms with van der Waals surface area (Å²) in [6.45, 7) is 0. The van der Waals surface area contributed by atoms with Crippen molar-refractivity contribution in [3.05, 3.63) is 51.0 Å². The third-order valence-electron chi connectivity index (χ3n) is 2.00. The Morgan fingerprint density at radius 2 is 1.94 bits per heavy atom. The van der Waals surface area contributed by atoms with Gasteiger partial charge in [-0.3, -0.25) is 9.78 Å². The zero-order valence-corrected chi connectivity index (χ0v) is 8.70. The average Bonchev–Trinajstić information content (AvgIpc) is 2.20. The summed E-state index contributed by atoms with van der Waals surface area (Å²) in [6, 6.07) is 4.83. The van der Waals surface area contributed by atoms with Gasteiger partial charge in [-0.15, -0.1) is 0 Å². The van der Waals surface area contributed by atoms with Crippen LogP contribution >= 0.6 is 12.2 Å². The first-order valence-electron chi connectivity index (χ1n) is 4.36. The fourth-order valence-corrected chi connectivity index (χ4v) is 1.54. The number of hydrogen-bond donors (Lipinski definition) is 2. The molecule has 2 N–H and O–H groups in total. The summed E-state index contributed by atoms with van der Waals surface area (Å²) in [7, 11) is 0. The molecule has 0 aliphatic rings. The molecule has 0 amide bonds. The highest BCUT2D eigenvalue weighted by Crippen LogP contribution is 2.20. The zero-order chi connectivity index (χ0) is 11.7. The van der Waals surface area contributed by atoms with Crippen molar-refractivity contribution in [1.82, 2.24) is 9.97 Å². The van der Waals surface area contributed by atoms with Gasteiger partial charge in [0.05, 0.1) is 5.69 Å². The van der Waals surface area contributed by atoms with Crippen molar-refractivity contribution in [3.63, 3.8) is 0 Å². The summed E-state index contributed by atoms with van der Waals surface area (Å²) in [5.41, 5.74) is -0.356. The van der Waals surface area contributed by atoms with Crippen LogP contribution in [-0.4, -0.2) is 9.97 Å². The number of H-pyrrole nitrogens is 2. The van der Waals surface area contributed by atoms with E-state index in [1.54, 1.807) is 0 Å². The van der Waals surface area contributed by atoms with E-state index in [9.17, 15) is 13.6 Å². The standard InChI is InChI=1S/C10H6F2N2OS/c11-6-3-1-2-5(9(6)12)7-4-8(15)14-10(16)13-7/h1-4H,(H2,13,14,15,16). The Kier molecular flexibility index (Phi) is 2.66. The number of rotatable bonds is 1. The molecule has 0 bridgehead atoms. The Morgan fingerprint density at radius 1 is 1.19 bits per heavy atom. The number of hydrogen-bond acceptors (Lipinski definition) is 2. The normalized spacial score (nSPS) is 10.4. The summed E-state index contributed by atoms with van der Waals surface area (Å²) >= 11 is 4.74. The number of nitrogens with one attached hydrogen (secondary N) is 2. The van der Waals surface area contributed by atoms with Gasteiger partial charge in [0.2, 0.25) is 0 Å². The molecule has 1 aromatic carbocycles. The van der Waals surface area contributed by atoms with Crippen LogP contribution < -0.4 is 5.56 Å². The highest BCUT2D eigenvalue weighted by molar-refractivity contribution is 7.71. The molecule has 0 aliphatic carbocycles. The van der Waals surface area contributed by atoms with E-state index in [2.05, 4.69) is 9.97 Å². The third kappa shape index (κ3) is 1.92. The lowest BCUT2D eigenvalue weighted by atomic mass is 10.1. The second-order valence-electron chi connectivity index (χ2n) is 3.10. The van der Waals surface area contributed by atoms with Gasteiger partial charge >= 0.3 is 0 Å². The van der Waals surface area contributed by atoms with Crippen LogP contribution in [0, 0.1) is 16.4 Å². The molecule has 2 aromatic rings. The summed E-state index contributed by atoms with van der Waals surface area (Å²) in [6.07, 6.45) is 0. The summed E-state index contributed by atoms with van der Waals surface area (Å²) in [4.78, 5) is 16.0. The first-order valence-corrected chi connectivity index (χ1v) is 4.77. The van der Waals surface area contributed by atoms with Crippen LogP contribution in [0.5, 0.6) is 0 Å². The van der Waals surface area contributed by atoms with E-state index in [1.165, 1.54) is 12.1 Å². The smallest absolute Gasteiger partial charge is 0.252 e. The van der Waals surface area contributed by atoms with Gasteiger partial charge in [0.15, 0.2) is 16.4 Å². The summed E-state index contributed by atoms with van der Waals surface area (Å²) in [5.74, 6) is -1.99. The van der Waals surface area contributed by atoms with Gasteiger partial charge in [-0.1, -0.05) is 6.07 Å². The molecule has 0 atom stereocenters. The molecule has 0 spiro atoms. The van der Waals surface area contributed by atoms with E-state index in [4.69, 9.17) is 12.2 Å². The molecule has 0 fully saturated rings. The topological polar surface area (TPSA) is 48.6 Å². The third-order valence-corrected chi connectivity index (χ3v) is 2.21. The van der Waals surface area contributed by atoms with Crippen molar-refractivity contribution in [2.75, 3.05) is 0 Å². The van der Waals surface area contributed by atoms with Crippen molar-refractivity contribution in [1.29, 1.82) is 0 Å². The maximum absolute atomic E-state index is 13.4. The van der Waals surface area contributed by atoms with Crippen molar-refractivity contribution in [2.24, 2.45) is 0 Å². The van der Waals surface area contributed by atoms with E-state index in [0.29, 0.717) is 0 Å². The Hall–Kier alpha value is -1.82. The molecular formula is C10H6F2N2OS. The second kappa shape index (κ2) is 3.97. The number of aromatic nitrogens is 2. The number of aromatic amines is 2. The molecule has 16 heavy (non-hydrogen) atoms. The zero-order valence-electron chi connectivity index (χ0n) is 7.88. The Labute approximate surface area is 93.8 Å². The first-order chi connectivity index (χ1) is 7.58. The molecule has 0 aliphatic heterocycles. The van der Waals surface area contributed by atoms with Gasteiger partial charge in [0.1, 0.15) is 0 Å². The molecule has 1 heterocycles. The molecule has 0 radical (unpaired) electrons. The lowest BCUT2D eigenvalue weighted by Gasteiger charge is -2.03. The van der Waals surface area contributed by atoms with E-state index in [-0.39, 0.29) is 16.0 Å². The van der Waals surface area contributed by atoms with Crippen LogP contribution in [0.4, 0.5) is 8.78 Å². The van der Waals surface area contributed by atoms with Gasteiger partial charge < -0.3 is 4.98 Å². The fourth-order valence-electron chi connectivity index (χ4n) is 1.33. The maximum Gasteiger partial charge on any atom is 0.252 e. The maximum atomic E-state index is 13.4. The molecule has 2 rings (SSSR count). The quantitative estimate of drug-likeness (QED) is 0.752. The van der Waals surface area contributed by atoms with E-state index in [0.717, 1.165) is 12.1 Å². The number of benzene rings is 1. The lowest BCUT2D eigenvalue weighted by Crippen LogP contribution is -2.07. The minimum Gasteiger partial charge on any atom is -0.332 e. The lowest BCUT2D eigenvalue weighted by molar-refractivity contribution is 0.511. The van der Waals surface area contributed by atoms with Gasteiger partial charge in [0, 0.05) is 11.6 Å². The minimum atomic E-state index is -1.02. The largest absolute Gasteiger partial charge is 0.332 e. The van der Waals surface area contributed by atoms with Crippen LogP contribution in [0.25, 0.3) is 11.3 Å². The summed E-state index contributed by atoms with van der Waals surface area (Å²) < 4.78 is 26.4. The Balaban J connectivity index is 2.72. The van der Waals surface area contributed by atoms with Crippen LogP contribution in [0.3, 0.4) is 0 Å². The molecule has 82 valence electrons. The fraction of sp³-hybridized carbons (Fsp3) is 0. The van der Waals surface area contributed by atoms with Crippen molar-refractivity contribution in [3.8, 4) is 11.3 Å². The highest BCUT2D eigenvalue weighted by atomic mass is 32.1. The molecule has 0 saturated carbocycles. The average molecular weight is 240 g/mol. The monoisotopic (exact) mass is 240 g/mol. The Bertz CT molecular complexity index is 620. The van der Waals surface area contributed by atoms with E-state index in [1.807, 2.05) is 0 Å². The molecule has 6 heteroatoms. The SMILES string of the molecule is O=c1cc(-c2cccc(F)c2F)[nH]c(=S)[nH]1. The second-order valence-corrected chi connectivity index (χ2v) is 3.51. The minimum absolute atomic E-state index is 0.0304. The van der Waals surface area contributed by atoms with Gasteiger partial charge in [0.25, 0.3) is 5.56 Å². The molecule has 0 saturated heterocycles. The van der Waals surface area contributed by atoms with Gasteiger partial charge in [-0.05, 0) is 24.4 Å². The van der Waals surface area contributed by atoms with Crippen LogP contribution in [0.15, 0.2) is 29.1 Å². The van der Waals surface area contributed by atoms with Crippen LogP contribution in [-0.2, 0) is 0 Å². The van der Waals surface area contributed by atoms with E-state index < -0.39 is 17.2 Å². The van der Waals surface area contributed by atoms with Crippen molar-refractivity contribution in [2.45, 2.75) is 0 Å². The van der Waals surface area contributed by atoms with Crippen molar-refractivity contribution >= 4 is 12.2 Å². The van der Waals surface area contributed by atoms with Crippen LogP contribution in [0.2, 0.25) is 0 Å². The van der Waals surface area contributed by atoms with Crippen molar-refractivity contribution < 1.29 is 8.78 Å². The molecular weight excluding hydrogens is 234 g/mol. The molecule has 3 nitrogen and oxygen atoms in total. The number of halogens is 2. The molecule has 0 unspecified atom stereocenters. The molecule has 1 aromatic heterocycles. The predicted octanol–water partition coefficient (Wildman–Crippen LogP) is 2.38. The Morgan fingerprint density at radius 3 is 2.62 bits per heavy atom. The van der Waals surface area contributed by atoms with Gasteiger partial charge in [-0.2, -0.15) is 0 Å².